The molecule has 3 N–H and O–H groups in total. The number of phenols is 2. The van der Waals surface area contributed by atoms with Crippen molar-refractivity contribution in [2.45, 2.75) is 52.9 Å². The van der Waals surface area contributed by atoms with E-state index in [9.17, 15) is 9.90 Å². The second-order valence-corrected chi connectivity index (χ2v) is 9.18. The number of nitrogens with zero attached hydrogens (tertiary/aromatic N) is 1. The van der Waals surface area contributed by atoms with Crippen molar-refractivity contribution in [3.8, 4) is 23.3 Å². The third-order valence-corrected chi connectivity index (χ3v) is 6.47. The van der Waals surface area contributed by atoms with Crippen LogP contribution in [0.15, 0.2) is 66.7 Å². The minimum atomic E-state index is -0.238. The number of nitriles is 1. The molecule has 2 atom stereocenters. The van der Waals surface area contributed by atoms with Gasteiger partial charge in [0.15, 0.2) is 0 Å². The summed E-state index contributed by atoms with van der Waals surface area (Å²) in [4.78, 5) is 14.9. The van der Waals surface area contributed by atoms with E-state index in [0.29, 0.717) is 17.1 Å². The number of ether oxygens (including phenoxy) is 1. The number of H-pyrrole nitrogens is 1. The van der Waals surface area contributed by atoms with E-state index in [1.165, 1.54) is 29.0 Å². The molecule has 0 fully saturated rings. The monoisotopic (exact) mass is 498 g/mol. The highest BCUT2D eigenvalue weighted by Gasteiger charge is 2.18. The van der Waals surface area contributed by atoms with Gasteiger partial charge in [-0.25, -0.2) is 0 Å². The van der Waals surface area contributed by atoms with Crippen molar-refractivity contribution < 1.29 is 19.7 Å². The predicted molar refractivity (Wildman–Crippen MR) is 146 cm³/mol. The summed E-state index contributed by atoms with van der Waals surface area (Å²) in [5, 5.41) is 28.8. The van der Waals surface area contributed by atoms with Crippen molar-refractivity contribution in [1.29, 1.82) is 5.26 Å². The van der Waals surface area contributed by atoms with Gasteiger partial charge in [-0.1, -0.05) is 46.2 Å². The van der Waals surface area contributed by atoms with Gasteiger partial charge in [-0.05, 0) is 78.6 Å². The quantitative estimate of drug-likeness (QED) is 0.185. The summed E-state index contributed by atoms with van der Waals surface area (Å²) in [5.74, 6) is 0.800. The summed E-state index contributed by atoms with van der Waals surface area (Å²) in [6.07, 6.45) is 2.78. The molecule has 0 bridgehead atoms. The summed E-state index contributed by atoms with van der Waals surface area (Å²) >= 11 is 0. The molecule has 6 nitrogen and oxygen atoms in total. The molecule has 0 aliphatic rings. The Morgan fingerprint density at radius 1 is 0.973 bits per heavy atom. The van der Waals surface area contributed by atoms with Gasteiger partial charge < -0.3 is 19.9 Å². The Morgan fingerprint density at radius 2 is 1.62 bits per heavy atom. The minimum absolute atomic E-state index is 0.0937. The molecular weight excluding hydrogens is 464 g/mol. The number of esters is 1. The average Bonchev–Trinajstić information content (AvgIpc) is 3.27. The van der Waals surface area contributed by atoms with Gasteiger partial charge in [0, 0.05) is 22.5 Å². The summed E-state index contributed by atoms with van der Waals surface area (Å²) in [6.45, 7) is 8.09. The Kier molecular flexibility index (Phi) is 9.34. The first-order valence-corrected chi connectivity index (χ1v) is 12.6. The molecule has 37 heavy (non-hydrogen) atoms. The van der Waals surface area contributed by atoms with E-state index in [1.54, 1.807) is 18.2 Å². The van der Waals surface area contributed by atoms with Crippen LogP contribution >= 0.6 is 0 Å². The van der Waals surface area contributed by atoms with Gasteiger partial charge in [-0.3, -0.25) is 4.79 Å². The van der Waals surface area contributed by atoms with E-state index >= 15 is 0 Å². The molecule has 0 amide bonds. The van der Waals surface area contributed by atoms with Crippen molar-refractivity contribution in [2.75, 3.05) is 0 Å². The number of fused-ring (bicyclic) bond motifs is 1. The van der Waals surface area contributed by atoms with Gasteiger partial charge in [0.1, 0.15) is 17.2 Å². The number of aromatic hydroxyl groups is 2. The Bertz CT molecular complexity index is 1370. The smallest absolute Gasteiger partial charge is 0.314 e. The minimum Gasteiger partial charge on any atom is -0.508 e. The SMILES string of the molecule is CCC(C)C(=O)Oc1ccc(O)cc1.CCCc1c(C(C)c2ccc(C#N)cc2)[nH]c2ccc(O)cc12. The third kappa shape index (κ3) is 6.92. The molecule has 0 saturated carbocycles. The predicted octanol–water partition coefficient (Wildman–Crippen LogP) is 7.19. The zero-order valence-electron chi connectivity index (χ0n) is 21.8. The molecule has 192 valence electrons. The molecule has 0 saturated heterocycles. The number of phenolic OH excluding ortho intramolecular Hbond substituents is 2. The van der Waals surface area contributed by atoms with Gasteiger partial charge in [0.05, 0.1) is 17.6 Å². The lowest BCUT2D eigenvalue weighted by Gasteiger charge is -2.13. The molecule has 0 aliphatic carbocycles. The molecule has 4 rings (SSSR count). The molecule has 0 radical (unpaired) electrons. The Morgan fingerprint density at radius 3 is 2.22 bits per heavy atom. The maximum atomic E-state index is 11.3. The van der Waals surface area contributed by atoms with Crippen molar-refractivity contribution in [1.82, 2.24) is 4.98 Å². The normalized spacial score (nSPS) is 12.2. The van der Waals surface area contributed by atoms with E-state index in [4.69, 9.17) is 15.1 Å². The van der Waals surface area contributed by atoms with E-state index in [-0.39, 0.29) is 23.6 Å². The average molecular weight is 499 g/mol. The van der Waals surface area contributed by atoms with Crippen LogP contribution in [0.1, 0.15) is 68.8 Å². The van der Waals surface area contributed by atoms with Crippen LogP contribution in [0.5, 0.6) is 17.2 Å². The first kappa shape index (κ1) is 27.3. The summed E-state index contributed by atoms with van der Waals surface area (Å²) < 4.78 is 5.07. The van der Waals surface area contributed by atoms with Crippen LogP contribution in [0, 0.1) is 17.2 Å². The Labute approximate surface area is 218 Å². The number of hydrogen-bond donors (Lipinski definition) is 3. The van der Waals surface area contributed by atoms with Crippen LogP contribution in [-0.2, 0) is 11.2 Å². The second kappa shape index (κ2) is 12.6. The van der Waals surface area contributed by atoms with Gasteiger partial charge in [-0.15, -0.1) is 0 Å². The molecule has 6 heteroatoms. The first-order valence-electron chi connectivity index (χ1n) is 12.6. The van der Waals surface area contributed by atoms with Crippen LogP contribution in [-0.4, -0.2) is 21.2 Å². The van der Waals surface area contributed by atoms with Crippen LogP contribution in [0.3, 0.4) is 0 Å². The molecular formula is C31H34N2O4. The van der Waals surface area contributed by atoms with Gasteiger partial charge in [0.25, 0.3) is 0 Å². The lowest BCUT2D eigenvalue weighted by atomic mass is 9.92. The van der Waals surface area contributed by atoms with E-state index in [2.05, 4.69) is 24.9 Å². The standard InChI is InChI=1S/C20H20N2O.C11H14O3/c1-3-4-17-18-11-16(23)9-10-19(18)22-20(17)13(2)15-7-5-14(12-21)6-8-15;1-3-8(2)11(13)14-10-6-4-9(12)5-7-10/h5-11,13,22-23H,3-4H2,1-2H3;4-8,12H,3H2,1-2H3. The maximum Gasteiger partial charge on any atom is 0.314 e. The van der Waals surface area contributed by atoms with E-state index < -0.39 is 0 Å². The largest absolute Gasteiger partial charge is 0.508 e. The number of hydrogen-bond acceptors (Lipinski definition) is 5. The van der Waals surface area contributed by atoms with E-state index in [1.807, 2.05) is 50.2 Å². The molecule has 3 aromatic carbocycles. The fourth-order valence-corrected chi connectivity index (χ4v) is 4.06. The van der Waals surface area contributed by atoms with Crippen LogP contribution in [0.2, 0.25) is 0 Å². The Hall–Kier alpha value is -4.24. The zero-order chi connectivity index (χ0) is 26.9. The van der Waals surface area contributed by atoms with Crippen molar-refractivity contribution in [3.05, 3.63) is 89.1 Å². The number of carbonyl (C=O) groups excluding carboxylic acids is 1. The Balaban J connectivity index is 0.000000233. The molecule has 0 spiro atoms. The highest BCUT2D eigenvalue weighted by Crippen LogP contribution is 2.34. The summed E-state index contributed by atoms with van der Waals surface area (Å²) in [7, 11) is 0. The van der Waals surface area contributed by atoms with Crippen LogP contribution < -0.4 is 4.74 Å². The summed E-state index contributed by atoms with van der Waals surface area (Å²) in [5.41, 5.74) is 5.38. The number of nitrogens with one attached hydrogen (secondary N) is 1. The lowest BCUT2D eigenvalue weighted by Crippen LogP contribution is -2.16. The molecule has 2 unspecified atom stereocenters. The van der Waals surface area contributed by atoms with Gasteiger partial charge in [0.2, 0.25) is 0 Å². The van der Waals surface area contributed by atoms with Crippen molar-refractivity contribution >= 4 is 16.9 Å². The number of carbonyl (C=O) groups is 1. The molecule has 1 aromatic heterocycles. The number of aryl methyl sites for hydroxylation is 1. The summed E-state index contributed by atoms with van der Waals surface area (Å²) in [6, 6.07) is 21.5. The van der Waals surface area contributed by atoms with E-state index in [0.717, 1.165) is 30.2 Å². The number of rotatable bonds is 7. The molecule has 1 heterocycles. The first-order chi connectivity index (χ1) is 17.8. The van der Waals surface area contributed by atoms with Gasteiger partial charge >= 0.3 is 5.97 Å². The third-order valence-electron chi connectivity index (χ3n) is 6.47. The maximum absolute atomic E-state index is 11.3. The number of aromatic nitrogens is 1. The highest BCUT2D eigenvalue weighted by molar-refractivity contribution is 5.86. The number of aromatic amines is 1. The van der Waals surface area contributed by atoms with Gasteiger partial charge in [-0.2, -0.15) is 5.26 Å². The highest BCUT2D eigenvalue weighted by atomic mass is 16.5. The lowest BCUT2D eigenvalue weighted by molar-refractivity contribution is -0.138. The second-order valence-electron chi connectivity index (χ2n) is 9.18. The zero-order valence-corrected chi connectivity index (χ0v) is 21.8. The fourth-order valence-electron chi connectivity index (χ4n) is 4.06. The van der Waals surface area contributed by atoms with Crippen molar-refractivity contribution in [3.63, 3.8) is 0 Å². The molecule has 0 aliphatic heterocycles. The molecule has 4 aromatic rings. The number of benzene rings is 3. The van der Waals surface area contributed by atoms with Crippen LogP contribution in [0.25, 0.3) is 10.9 Å². The van der Waals surface area contributed by atoms with Crippen molar-refractivity contribution in [2.24, 2.45) is 5.92 Å². The fraction of sp³-hybridized carbons (Fsp3) is 0.290. The topological polar surface area (TPSA) is 106 Å². The van der Waals surface area contributed by atoms with Crippen LogP contribution in [0.4, 0.5) is 0 Å².